The van der Waals surface area contributed by atoms with Crippen LogP contribution in [0.25, 0.3) is 27.8 Å². The Bertz CT molecular complexity index is 1260. The van der Waals surface area contributed by atoms with Gasteiger partial charge in [0.05, 0.1) is 23.5 Å². The van der Waals surface area contributed by atoms with E-state index in [2.05, 4.69) is 38.0 Å². The minimum atomic E-state index is 0.541. The largest absolute Gasteiger partial charge is 0.370 e. The van der Waals surface area contributed by atoms with E-state index in [9.17, 15) is 5.26 Å². The molecule has 0 amide bonds. The summed E-state index contributed by atoms with van der Waals surface area (Å²) in [4.78, 5) is 4.62. The van der Waals surface area contributed by atoms with E-state index in [0.29, 0.717) is 17.5 Å². The van der Waals surface area contributed by atoms with E-state index in [1.165, 1.54) is 12.8 Å². The molecule has 4 aromatic heterocycles. The molecule has 1 fully saturated rings. The summed E-state index contributed by atoms with van der Waals surface area (Å²) >= 11 is 0. The summed E-state index contributed by atoms with van der Waals surface area (Å²) in [6, 6.07) is 9.02. The fraction of sp³-hybridized carbons (Fsp3) is 0.304. The van der Waals surface area contributed by atoms with Crippen molar-refractivity contribution in [2.45, 2.75) is 18.9 Å². The molecule has 1 aliphatic carbocycles. The molecular formula is C23H24N8. The highest BCUT2D eigenvalue weighted by Crippen LogP contribution is 2.32. The van der Waals surface area contributed by atoms with Crippen LogP contribution in [-0.2, 0) is 7.05 Å². The number of hydrogen-bond donors (Lipinski definition) is 2. The molecule has 0 spiro atoms. The second-order valence-corrected chi connectivity index (χ2v) is 8.14. The molecular weight excluding hydrogens is 388 g/mol. The van der Waals surface area contributed by atoms with Gasteiger partial charge in [-0.2, -0.15) is 15.5 Å². The summed E-state index contributed by atoms with van der Waals surface area (Å²) in [5.74, 6) is 1.56. The molecule has 8 nitrogen and oxygen atoms in total. The van der Waals surface area contributed by atoms with Crippen LogP contribution in [-0.4, -0.2) is 44.0 Å². The molecule has 31 heavy (non-hydrogen) atoms. The highest BCUT2D eigenvalue weighted by atomic mass is 15.2. The van der Waals surface area contributed by atoms with Gasteiger partial charge in [0.15, 0.2) is 0 Å². The van der Waals surface area contributed by atoms with E-state index in [-0.39, 0.29) is 0 Å². The number of nitriles is 1. The van der Waals surface area contributed by atoms with Gasteiger partial charge in [-0.15, -0.1) is 0 Å². The first kappa shape index (κ1) is 19.3. The van der Waals surface area contributed by atoms with E-state index < -0.39 is 0 Å². The molecule has 0 atom stereocenters. The number of pyridine rings is 2. The summed E-state index contributed by atoms with van der Waals surface area (Å²) < 4.78 is 3.53. The van der Waals surface area contributed by atoms with Gasteiger partial charge in [0, 0.05) is 60.5 Å². The minimum Gasteiger partial charge on any atom is -0.370 e. The average Bonchev–Trinajstić information content (AvgIpc) is 3.38. The van der Waals surface area contributed by atoms with Gasteiger partial charge in [0.2, 0.25) is 0 Å². The third-order valence-corrected chi connectivity index (χ3v) is 6.06. The smallest absolute Gasteiger partial charge is 0.125 e. The van der Waals surface area contributed by atoms with Crippen molar-refractivity contribution in [1.29, 1.82) is 5.26 Å². The Morgan fingerprint density at radius 1 is 1.10 bits per heavy atom. The van der Waals surface area contributed by atoms with Gasteiger partial charge in [-0.25, -0.2) is 9.50 Å². The normalized spacial score (nSPS) is 18.0. The molecule has 0 aromatic carbocycles. The number of hydrogen-bond acceptors (Lipinski definition) is 6. The second kappa shape index (κ2) is 7.85. The monoisotopic (exact) mass is 412 g/mol. The lowest BCUT2D eigenvalue weighted by molar-refractivity contribution is 0.246. The molecule has 0 bridgehead atoms. The van der Waals surface area contributed by atoms with Crippen molar-refractivity contribution in [2.24, 2.45) is 13.0 Å². The fourth-order valence-electron chi connectivity index (χ4n) is 4.20. The Kier molecular flexibility index (Phi) is 4.88. The zero-order valence-corrected chi connectivity index (χ0v) is 17.6. The molecule has 0 aliphatic heterocycles. The number of aromatic nitrogens is 5. The quantitative estimate of drug-likeness (QED) is 0.505. The van der Waals surface area contributed by atoms with Gasteiger partial charge in [0.25, 0.3) is 0 Å². The van der Waals surface area contributed by atoms with Crippen molar-refractivity contribution in [3.63, 3.8) is 0 Å². The summed E-state index contributed by atoms with van der Waals surface area (Å²) in [6.45, 7) is 0.937. The topological polar surface area (TPSA) is 95.9 Å². The Balaban J connectivity index is 1.45. The van der Waals surface area contributed by atoms with E-state index in [1.807, 2.05) is 51.0 Å². The van der Waals surface area contributed by atoms with Crippen molar-refractivity contribution in [1.82, 2.24) is 29.7 Å². The lowest BCUT2D eigenvalue weighted by Crippen LogP contribution is -2.41. The average molecular weight is 413 g/mol. The molecule has 1 aliphatic rings. The Morgan fingerprint density at radius 2 is 1.97 bits per heavy atom. The fourth-order valence-corrected chi connectivity index (χ4v) is 4.20. The summed E-state index contributed by atoms with van der Waals surface area (Å²) in [7, 11) is 3.91. The van der Waals surface area contributed by atoms with Crippen LogP contribution in [0.1, 0.15) is 18.4 Å². The minimum absolute atomic E-state index is 0.541. The van der Waals surface area contributed by atoms with E-state index in [4.69, 9.17) is 0 Å². The molecule has 0 saturated heterocycles. The zero-order valence-electron chi connectivity index (χ0n) is 17.6. The van der Waals surface area contributed by atoms with Gasteiger partial charge < -0.3 is 10.6 Å². The summed E-state index contributed by atoms with van der Waals surface area (Å²) in [5.41, 5.74) is 5.16. The number of fused-ring (bicyclic) bond motifs is 1. The van der Waals surface area contributed by atoms with Crippen LogP contribution in [0.3, 0.4) is 0 Å². The predicted octanol–water partition coefficient (Wildman–Crippen LogP) is 3.08. The molecule has 8 heteroatoms. The first-order valence-electron chi connectivity index (χ1n) is 10.4. The molecule has 1 saturated carbocycles. The van der Waals surface area contributed by atoms with Gasteiger partial charge in [0.1, 0.15) is 11.9 Å². The van der Waals surface area contributed by atoms with E-state index >= 15 is 0 Å². The third-order valence-electron chi connectivity index (χ3n) is 6.06. The van der Waals surface area contributed by atoms with E-state index in [1.54, 1.807) is 15.4 Å². The van der Waals surface area contributed by atoms with Crippen LogP contribution in [0.5, 0.6) is 0 Å². The first-order chi connectivity index (χ1) is 15.1. The maximum atomic E-state index is 9.57. The number of nitrogens with one attached hydrogen (secondary N) is 2. The van der Waals surface area contributed by atoms with Gasteiger partial charge in [-0.3, -0.25) is 4.68 Å². The molecule has 4 aromatic rings. The van der Waals surface area contributed by atoms with Crippen LogP contribution < -0.4 is 10.6 Å². The maximum absolute atomic E-state index is 9.57. The Hall–Kier alpha value is -3.70. The van der Waals surface area contributed by atoms with Gasteiger partial charge >= 0.3 is 0 Å². The van der Waals surface area contributed by atoms with Gasteiger partial charge in [-0.1, -0.05) is 0 Å². The summed E-state index contributed by atoms with van der Waals surface area (Å²) in [5, 5.41) is 25.0. The lowest BCUT2D eigenvalue weighted by Gasteiger charge is -2.35. The molecule has 0 unspecified atom stereocenters. The molecule has 156 valence electrons. The van der Waals surface area contributed by atoms with Crippen molar-refractivity contribution in [2.75, 3.05) is 18.9 Å². The highest BCUT2D eigenvalue weighted by Gasteiger charge is 2.27. The Labute approximate surface area is 180 Å². The number of nitrogens with zero attached hydrogens (tertiary/aromatic N) is 6. The number of anilines is 1. The van der Waals surface area contributed by atoms with Crippen LogP contribution >= 0.6 is 0 Å². The molecule has 4 heterocycles. The highest BCUT2D eigenvalue weighted by molar-refractivity contribution is 5.87. The molecule has 0 radical (unpaired) electrons. The third kappa shape index (κ3) is 3.64. The van der Waals surface area contributed by atoms with E-state index in [0.717, 1.165) is 40.1 Å². The van der Waals surface area contributed by atoms with Crippen LogP contribution in [0.2, 0.25) is 0 Å². The van der Waals surface area contributed by atoms with Crippen molar-refractivity contribution in [3.05, 3.63) is 54.7 Å². The lowest BCUT2D eigenvalue weighted by atomic mass is 9.80. The summed E-state index contributed by atoms with van der Waals surface area (Å²) in [6.07, 6.45) is 11.6. The maximum Gasteiger partial charge on any atom is 0.125 e. The number of rotatable bonds is 6. The van der Waals surface area contributed by atoms with Crippen molar-refractivity contribution < 1.29 is 0 Å². The zero-order chi connectivity index (χ0) is 21.4. The van der Waals surface area contributed by atoms with Crippen LogP contribution in [0.4, 0.5) is 5.82 Å². The van der Waals surface area contributed by atoms with Crippen molar-refractivity contribution in [3.8, 4) is 28.3 Å². The standard InChI is InChI=1S/C23H24N8/c1-25-20-5-15(6-20)9-26-22-4-3-16(10-27-22)21-7-17(19-12-28-30(2)13-19)14-31-23(21)18(8-24)11-29-31/h3-4,7,10-15,20,25H,5-6,9H2,1-2H3,(H,26,27). The van der Waals surface area contributed by atoms with Gasteiger partial charge in [-0.05, 0) is 44.0 Å². The SMILES string of the molecule is CNC1CC(CNc2ccc(-c3cc(-c4cnn(C)c4)cn4ncc(C#N)c34)cn2)C1. The number of aryl methyl sites for hydroxylation is 1. The predicted molar refractivity (Wildman–Crippen MR) is 119 cm³/mol. The van der Waals surface area contributed by atoms with Crippen molar-refractivity contribution >= 4 is 11.3 Å². The van der Waals surface area contributed by atoms with Crippen LogP contribution in [0, 0.1) is 17.2 Å². The Morgan fingerprint density at radius 3 is 2.65 bits per heavy atom. The van der Waals surface area contributed by atoms with Crippen LogP contribution in [0.15, 0.2) is 49.2 Å². The molecule has 5 rings (SSSR count). The first-order valence-corrected chi connectivity index (χ1v) is 10.4. The second-order valence-electron chi connectivity index (χ2n) is 8.14. The molecule has 2 N–H and O–H groups in total.